The lowest BCUT2D eigenvalue weighted by atomic mass is 10.1. The molecule has 0 spiro atoms. The Balaban J connectivity index is 2.81. The SMILES string of the molecule is CC(=O)Nc1ccc(C(=O)C(C)Br)cc1. The first-order valence-corrected chi connectivity index (χ1v) is 5.48. The molecule has 0 saturated carbocycles. The summed E-state index contributed by atoms with van der Waals surface area (Å²) >= 11 is 3.22. The summed E-state index contributed by atoms with van der Waals surface area (Å²) in [6, 6.07) is 6.82. The van der Waals surface area contributed by atoms with Gasteiger partial charge in [0.25, 0.3) is 0 Å². The second-order valence-electron chi connectivity index (χ2n) is 3.24. The van der Waals surface area contributed by atoms with Crippen molar-refractivity contribution in [1.82, 2.24) is 0 Å². The van der Waals surface area contributed by atoms with Gasteiger partial charge >= 0.3 is 0 Å². The van der Waals surface area contributed by atoms with Gasteiger partial charge in [-0.25, -0.2) is 0 Å². The van der Waals surface area contributed by atoms with Crippen molar-refractivity contribution in [3.8, 4) is 0 Å². The molecule has 1 atom stereocenters. The molecular weight excluding hydrogens is 258 g/mol. The van der Waals surface area contributed by atoms with Crippen LogP contribution in [0.3, 0.4) is 0 Å². The van der Waals surface area contributed by atoms with E-state index in [2.05, 4.69) is 21.2 Å². The average molecular weight is 270 g/mol. The molecule has 1 N–H and O–H groups in total. The molecule has 0 heterocycles. The maximum atomic E-state index is 11.5. The first-order chi connectivity index (χ1) is 7.00. The number of nitrogens with one attached hydrogen (secondary N) is 1. The van der Waals surface area contributed by atoms with E-state index >= 15 is 0 Å². The number of hydrogen-bond acceptors (Lipinski definition) is 2. The Morgan fingerprint density at radius 3 is 2.20 bits per heavy atom. The average Bonchev–Trinajstić information content (AvgIpc) is 2.17. The molecule has 1 rings (SSSR count). The van der Waals surface area contributed by atoms with E-state index in [4.69, 9.17) is 0 Å². The number of halogens is 1. The van der Waals surface area contributed by atoms with E-state index in [1.807, 2.05) is 0 Å². The van der Waals surface area contributed by atoms with Crippen LogP contribution in [-0.4, -0.2) is 16.5 Å². The second kappa shape index (κ2) is 5.07. The molecule has 4 heteroatoms. The monoisotopic (exact) mass is 269 g/mol. The molecule has 0 radical (unpaired) electrons. The summed E-state index contributed by atoms with van der Waals surface area (Å²) in [6.07, 6.45) is 0. The van der Waals surface area contributed by atoms with Crippen molar-refractivity contribution in [3.05, 3.63) is 29.8 Å². The molecule has 3 nitrogen and oxygen atoms in total. The van der Waals surface area contributed by atoms with Crippen molar-refractivity contribution in [2.45, 2.75) is 18.7 Å². The number of alkyl halides is 1. The topological polar surface area (TPSA) is 46.2 Å². The smallest absolute Gasteiger partial charge is 0.221 e. The summed E-state index contributed by atoms with van der Waals surface area (Å²) in [5, 5.41) is 2.64. The Hall–Kier alpha value is -1.16. The van der Waals surface area contributed by atoms with Gasteiger partial charge in [-0.2, -0.15) is 0 Å². The number of carbonyl (C=O) groups excluding carboxylic acids is 2. The maximum Gasteiger partial charge on any atom is 0.221 e. The Kier molecular flexibility index (Phi) is 4.03. The number of amides is 1. The van der Waals surface area contributed by atoms with E-state index in [0.717, 1.165) is 0 Å². The molecule has 0 aliphatic heterocycles. The third-order valence-electron chi connectivity index (χ3n) is 1.85. The molecule has 0 bridgehead atoms. The van der Waals surface area contributed by atoms with Crippen molar-refractivity contribution >= 4 is 33.3 Å². The largest absolute Gasteiger partial charge is 0.326 e. The van der Waals surface area contributed by atoms with Gasteiger partial charge in [0.1, 0.15) is 0 Å². The van der Waals surface area contributed by atoms with Crippen LogP contribution in [0.1, 0.15) is 24.2 Å². The van der Waals surface area contributed by atoms with Crippen LogP contribution in [0.25, 0.3) is 0 Å². The van der Waals surface area contributed by atoms with Gasteiger partial charge in [-0.1, -0.05) is 15.9 Å². The highest BCUT2D eigenvalue weighted by molar-refractivity contribution is 9.10. The molecule has 1 amide bonds. The lowest BCUT2D eigenvalue weighted by molar-refractivity contribution is -0.114. The first-order valence-electron chi connectivity index (χ1n) is 4.56. The van der Waals surface area contributed by atoms with Gasteiger partial charge in [-0.15, -0.1) is 0 Å². The minimum Gasteiger partial charge on any atom is -0.326 e. The predicted molar refractivity (Wildman–Crippen MR) is 63.5 cm³/mol. The number of benzene rings is 1. The molecule has 1 unspecified atom stereocenters. The number of anilines is 1. The summed E-state index contributed by atoms with van der Waals surface area (Å²) in [7, 11) is 0. The summed E-state index contributed by atoms with van der Waals surface area (Å²) in [6.45, 7) is 3.23. The first kappa shape index (κ1) is 11.9. The maximum absolute atomic E-state index is 11.5. The summed E-state index contributed by atoms with van der Waals surface area (Å²) in [4.78, 5) is 22.1. The van der Waals surface area contributed by atoms with Crippen LogP contribution in [0.4, 0.5) is 5.69 Å². The Labute approximate surface area is 97.0 Å². The number of carbonyl (C=O) groups is 2. The molecule has 0 aliphatic carbocycles. The molecular formula is C11H12BrNO2. The van der Waals surface area contributed by atoms with Crippen molar-refractivity contribution in [3.63, 3.8) is 0 Å². The molecule has 0 fully saturated rings. The van der Waals surface area contributed by atoms with Gasteiger partial charge in [0.2, 0.25) is 5.91 Å². The Bertz CT molecular complexity index is 371. The van der Waals surface area contributed by atoms with E-state index in [-0.39, 0.29) is 16.5 Å². The molecule has 0 saturated heterocycles. The van der Waals surface area contributed by atoms with Crippen LogP contribution in [0.15, 0.2) is 24.3 Å². The summed E-state index contributed by atoms with van der Waals surface area (Å²) in [5.74, 6) is -0.0905. The zero-order valence-corrected chi connectivity index (χ0v) is 10.2. The number of hydrogen-bond donors (Lipinski definition) is 1. The van der Waals surface area contributed by atoms with Crippen LogP contribution < -0.4 is 5.32 Å². The number of Topliss-reactive ketones (excluding diaryl/α,β-unsaturated/α-hetero) is 1. The second-order valence-corrected chi connectivity index (χ2v) is 4.61. The standard InChI is InChI=1S/C11H12BrNO2/c1-7(12)11(15)9-3-5-10(6-4-9)13-8(2)14/h3-7H,1-2H3,(H,13,14). The van der Waals surface area contributed by atoms with Crippen LogP contribution in [-0.2, 0) is 4.79 Å². The van der Waals surface area contributed by atoms with Gasteiger partial charge in [-0.05, 0) is 31.2 Å². The van der Waals surface area contributed by atoms with Crippen molar-refractivity contribution in [2.75, 3.05) is 5.32 Å². The van der Waals surface area contributed by atoms with E-state index in [9.17, 15) is 9.59 Å². The lowest BCUT2D eigenvalue weighted by Gasteiger charge is -2.05. The highest BCUT2D eigenvalue weighted by Gasteiger charge is 2.11. The number of rotatable bonds is 3. The summed E-state index contributed by atoms with van der Waals surface area (Å²) in [5.41, 5.74) is 1.33. The van der Waals surface area contributed by atoms with Gasteiger partial charge in [0.05, 0.1) is 4.83 Å². The third kappa shape index (κ3) is 3.47. The van der Waals surface area contributed by atoms with Gasteiger partial charge in [0.15, 0.2) is 5.78 Å². The van der Waals surface area contributed by atoms with Crippen molar-refractivity contribution in [2.24, 2.45) is 0 Å². The quantitative estimate of drug-likeness (QED) is 0.677. The lowest BCUT2D eigenvalue weighted by Crippen LogP contribution is -2.10. The van der Waals surface area contributed by atoms with E-state index < -0.39 is 0 Å². The van der Waals surface area contributed by atoms with Crippen LogP contribution in [0.2, 0.25) is 0 Å². The van der Waals surface area contributed by atoms with Crippen molar-refractivity contribution < 1.29 is 9.59 Å². The minimum absolute atomic E-state index is 0.0318. The zero-order chi connectivity index (χ0) is 11.4. The molecule has 1 aromatic carbocycles. The highest BCUT2D eigenvalue weighted by atomic mass is 79.9. The van der Waals surface area contributed by atoms with Crippen molar-refractivity contribution in [1.29, 1.82) is 0 Å². The summed E-state index contributed by atoms with van der Waals surface area (Å²) < 4.78 is 0. The zero-order valence-electron chi connectivity index (χ0n) is 8.58. The predicted octanol–water partition coefficient (Wildman–Crippen LogP) is 2.61. The fourth-order valence-corrected chi connectivity index (χ4v) is 1.42. The minimum atomic E-state index is -0.191. The Morgan fingerprint density at radius 2 is 1.80 bits per heavy atom. The fraction of sp³-hybridized carbons (Fsp3) is 0.273. The van der Waals surface area contributed by atoms with Crippen LogP contribution in [0, 0.1) is 0 Å². The Morgan fingerprint density at radius 1 is 1.27 bits per heavy atom. The van der Waals surface area contributed by atoms with Gasteiger partial charge < -0.3 is 5.32 Å². The number of ketones is 1. The fourth-order valence-electron chi connectivity index (χ4n) is 1.15. The van der Waals surface area contributed by atoms with E-state index in [1.165, 1.54) is 6.92 Å². The van der Waals surface area contributed by atoms with E-state index in [1.54, 1.807) is 31.2 Å². The molecule has 80 valence electrons. The molecule has 0 aromatic heterocycles. The normalized spacial score (nSPS) is 11.9. The van der Waals surface area contributed by atoms with Crippen LogP contribution >= 0.6 is 15.9 Å². The van der Waals surface area contributed by atoms with Gasteiger partial charge in [0, 0.05) is 18.2 Å². The van der Waals surface area contributed by atoms with E-state index in [0.29, 0.717) is 11.3 Å². The molecule has 1 aromatic rings. The molecule has 15 heavy (non-hydrogen) atoms. The highest BCUT2D eigenvalue weighted by Crippen LogP contribution is 2.13. The van der Waals surface area contributed by atoms with Gasteiger partial charge in [-0.3, -0.25) is 9.59 Å². The van der Waals surface area contributed by atoms with Crippen LogP contribution in [0.5, 0.6) is 0 Å². The molecule has 0 aliphatic rings. The third-order valence-corrected chi connectivity index (χ3v) is 2.27.